The minimum absolute atomic E-state index is 0.954. The first-order valence-electron chi connectivity index (χ1n) is 5.06. The van der Waals surface area contributed by atoms with Crippen LogP contribution in [0.3, 0.4) is 0 Å². The van der Waals surface area contributed by atoms with Gasteiger partial charge in [0.15, 0.2) is 0 Å². The molecule has 0 radical (unpaired) electrons. The first-order chi connectivity index (χ1) is 7.84. The summed E-state index contributed by atoms with van der Waals surface area (Å²) in [6.45, 7) is 0. The highest BCUT2D eigenvalue weighted by molar-refractivity contribution is 7.80. The fraction of sp³-hybridized carbons (Fsp3) is 0. The van der Waals surface area contributed by atoms with Crippen molar-refractivity contribution in [2.75, 3.05) is 0 Å². The van der Waals surface area contributed by atoms with Crippen LogP contribution in [0.15, 0.2) is 59.8 Å². The molecule has 16 heavy (non-hydrogen) atoms. The summed E-state index contributed by atoms with van der Waals surface area (Å²) in [6, 6.07) is 16.1. The van der Waals surface area contributed by atoms with Crippen molar-refractivity contribution in [3.63, 3.8) is 0 Å². The van der Waals surface area contributed by atoms with E-state index >= 15 is 0 Å². The van der Waals surface area contributed by atoms with E-state index in [2.05, 4.69) is 28.2 Å². The minimum atomic E-state index is 0.954. The van der Waals surface area contributed by atoms with Gasteiger partial charge in [0, 0.05) is 10.6 Å². The minimum Gasteiger partial charge on any atom is -0.299 e. The molecular weight excluding hydrogens is 216 g/mol. The molecule has 2 aromatic carbocycles. The molecule has 0 N–H and O–H groups in total. The van der Waals surface area contributed by atoms with Crippen LogP contribution in [0.25, 0.3) is 16.7 Å². The Balaban J connectivity index is 2.26. The number of fused-ring (bicyclic) bond motifs is 1. The van der Waals surface area contributed by atoms with Gasteiger partial charge >= 0.3 is 0 Å². The van der Waals surface area contributed by atoms with Crippen LogP contribution in [0, 0.1) is 0 Å². The standard InChI is InChI=1S/C13H10N2S/c16-11-5-3-4-10(8-11)15-9-14-12-6-1-2-7-13(12)15/h1-9,16H. The van der Waals surface area contributed by atoms with Gasteiger partial charge in [0.05, 0.1) is 11.0 Å². The molecule has 2 nitrogen and oxygen atoms in total. The molecule has 3 heteroatoms. The number of rotatable bonds is 1. The van der Waals surface area contributed by atoms with Crippen LogP contribution in [-0.4, -0.2) is 9.55 Å². The van der Waals surface area contributed by atoms with Crippen molar-refractivity contribution in [2.45, 2.75) is 4.90 Å². The van der Waals surface area contributed by atoms with Gasteiger partial charge in [0.2, 0.25) is 0 Å². The van der Waals surface area contributed by atoms with E-state index in [0.717, 1.165) is 21.6 Å². The van der Waals surface area contributed by atoms with Gasteiger partial charge in [-0.05, 0) is 30.3 Å². The van der Waals surface area contributed by atoms with Gasteiger partial charge < -0.3 is 0 Å². The normalized spacial score (nSPS) is 10.8. The Morgan fingerprint density at radius 3 is 2.75 bits per heavy atom. The molecule has 1 aromatic heterocycles. The second kappa shape index (κ2) is 3.68. The summed E-state index contributed by atoms with van der Waals surface area (Å²) in [5.74, 6) is 0. The van der Waals surface area contributed by atoms with Gasteiger partial charge in [-0.1, -0.05) is 18.2 Å². The van der Waals surface area contributed by atoms with Gasteiger partial charge in [0.25, 0.3) is 0 Å². The van der Waals surface area contributed by atoms with E-state index in [0.29, 0.717) is 0 Å². The molecule has 0 aliphatic rings. The van der Waals surface area contributed by atoms with Crippen molar-refractivity contribution in [1.29, 1.82) is 0 Å². The zero-order valence-electron chi connectivity index (χ0n) is 8.54. The number of hydrogen-bond acceptors (Lipinski definition) is 2. The highest BCUT2D eigenvalue weighted by atomic mass is 32.1. The molecule has 0 saturated heterocycles. The van der Waals surface area contributed by atoms with Crippen molar-refractivity contribution in [2.24, 2.45) is 0 Å². The summed E-state index contributed by atoms with van der Waals surface area (Å²) in [5.41, 5.74) is 3.20. The molecule has 0 spiro atoms. The van der Waals surface area contributed by atoms with Gasteiger partial charge in [-0.2, -0.15) is 0 Å². The number of nitrogens with zero attached hydrogens (tertiary/aromatic N) is 2. The van der Waals surface area contributed by atoms with Crippen LogP contribution in [0.1, 0.15) is 0 Å². The average molecular weight is 226 g/mol. The summed E-state index contributed by atoms with van der Waals surface area (Å²) in [5, 5.41) is 0. The third-order valence-corrected chi connectivity index (χ3v) is 2.84. The maximum absolute atomic E-state index is 4.36. The number of benzene rings is 2. The van der Waals surface area contributed by atoms with Crippen LogP contribution in [0.4, 0.5) is 0 Å². The third-order valence-electron chi connectivity index (χ3n) is 2.56. The lowest BCUT2D eigenvalue weighted by Gasteiger charge is -2.04. The SMILES string of the molecule is Sc1cccc(-n2cnc3ccccc32)c1. The van der Waals surface area contributed by atoms with Crippen LogP contribution in [-0.2, 0) is 0 Å². The second-order valence-electron chi connectivity index (χ2n) is 3.62. The highest BCUT2D eigenvalue weighted by Gasteiger charge is 2.03. The Morgan fingerprint density at radius 1 is 1.00 bits per heavy atom. The summed E-state index contributed by atoms with van der Waals surface area (Å²) in [4.78, 5) is 5.32. The molecule has 0 bridgehead atoms. The molecule has 0 unspecified atom stereocenters. The smallest absolute Gasteiger partial charge is 0.100 e. The van der Waals surface area contributed by atoms with E-state index in [9.17, 15) is 0 Å². The van der Waals surface area contributed by atoms with E-state index in [4.69, 9.17) is 0 Å². The second-order valence-corrected chi connectivity index (χ2v) is 4.14. The van der Waals surface area contributed by atoms with Gasteiger partial charge in [-0.15, -0.1) is 12.6 Å². The zero-order chi connectivity index (χ0) is 11.0. The Hall–Kier alpha value is -1.74. The lowest BCUT2D eigenvalue weighted by atomic mass is 10.3. The van der Waals surface area contributed by atoms with Gasteiger partial charge in [-0.25, -0.2) is 4.98 Å². The number of imidazole rings is 1. The lowest BCUT2D eigenvalue weighted by molar-refractivity contribution is 1.08. The summed E-state index contributed by atoms with van der Waals surface area (Å²) < 4.78 is 2.06. The van der Waals surface area contributed by atoms with Crippen LogP contribution < -0.4 is 0 Å². The molecule has 0 saturated carbocycles. The quantitative estimate of drug-likeness (QED) is 0.630. The van der Waals surface area contributed by atoms with Crippen LogP contribution in [0.5, 0.6) is 0 Å². The molecule has 1 heterocycles. The lowest BCUT2D eigenvalue weighted by Crippen LogP contribution is -1.90. The largest absolute Gasteiger partial charge is 0.299 e. The maximum atomic E-state index is 4.36. The number of hydrogen-bond donors (Lipinski definition) is 1. The Bertz CT molecular complexity index is 643. The Morgan fingerprint density at radius 2 is 1.88 bits per heavy atom. The third kappa shape index (κ3) is 1.49. The number of thiol groups is 1. The number of aromatic nitrogens is 2. The highest BCUT2D eigenvalue weighted by Crippen LogP contribution is 2.19. The molecule has 0 aliphatic heterocycles. The molecule has 78 valence electrons. The molecule has 3 rings (SSSR count). The van der Waals surface area contributed by atoms with E-state index < -0.39 is 0 Å². The first-order valence-corrected chi connectivity index (χ1v) is 5.51. The Kier molecular flexibility index (Phi) is 2.18. The predicted octanol–water partition coefficient (Wildman–Crippen LogP) is 3.31. The molecule has 3 aromatic rings. The van der Waals surface area contributed by atoms with Crippen molar-refractivity contribution >= 4 is 23.7 Å². The number of para-hydroxylation sites is 2. The summed E-state index contributed by atoms with van der Waals surface area (Å²) in [6.07, 6.45) is 1.84. The predicted molar refractivity (Wildman–Crippen MR) is 68.3 cm³/mol. The maximum Gasteiger partial charge on any atom is 0.100 e. The van der Waals surface area contributed by atoms with Crippen LogP contribution >= 0.6 is 12.6 Å². The van der Waals surface area contributed by atoms with E-state index in [1.807, 2.05) is 48.8 Å². The molecule has 0 amide bonds. The molecular formula is C13H10N2S. The van der Waals surface area contributed by atoms with Gasteiger partial charge in [-0.3, -0.25) is 4.57 Å². The van der Waals surface area contributed by atoms with Crippen molar-refractivity contribution in [3.05, 3.63) is 54.9 Å². The van der Waals surface area contributed by atoms with E-state index in [1.165, 1.54) is 0 Å². The molecule has 0 fully saturated rings. The molecule has 0 atom stereocenters. The zero-order valence-corrected chi connectivity index (χ0v) is 9.43. The topological polar surface area (TPSA) is 17.8 Å². The van der Waals surface area contributed by atoms with Crippen molar-refractivity contribution < 1.29 is 0 Å². The van der Waals surface area contributed by atoms with E-state index in [1.54, 1.807) is 0 Å². The summed E-state index contributed by atoms with van der Waals surface area (Å²) in [7, 11) is 0. The Labute approximate surface area is 99.0 Å². The monoisotopic (exact) mass is 226 g/mol. The first kappa shape index (κ1) is 9.48. The average Bonchev–Trinajstić information content (AvgIpc) is 2.72. The molecule has 0 aliphatic carbocycles. The fourth-order valence-corrected chi connectivity index (χ4v) is 2.03. The van der Waals surface area contributed by atoms with Crippen LogP contribution in [0.2, 0.25) is 0 Å². The van der Waals surface area contributed by atoms with Gasteiger partial charge in [0.1, 0.15) is 6.33 Å². The summed E-state index contributed by atoms with van der Waals surface area (Å²) >= 11 is 4.35. The van der Waals surface area contributed by atoms with Crippen molar-refractivity contribution in [1.82, 2.24) is 9.55 Å². The fourth-order valence-electron chi connectivity index (χ4n) is 1.81. The van der Waals surface area contributed by atoms with E-state index in [-0.39, 0.29) is 0 Å². The van der Waals surface area contributed by atoms with Crippen molar-refractivity contribution in [3.8, 4) is 5.69 Å².